The normalized spacial score (nSPS) is 17.1. The lowest BCUT2D eigenvalue weighted by Gasteiger charge is -2.23. The second kappa shape index (κ2) is 4.71. The minimum Gasteiger partial charge on any atom is -0.305 e. The Bertz CT molecular complexity index is 681. The second-order valence-corrected chi connectivity index (χ2v) is 5.27. The Balaban J connectivity index is 2.03. The van der Waals surface area contributed by atoms with Gasteiger partial charge in [-0.05, 0) is 38.8 Å². The smallest absolute Gasteiger partial charge is 0.261 e. The lowest BCUT2D eigenvalue weighted by Crippen LogP contribution is -2.36. The molecule has 0 saturated heterocycles. The van der Waals surface area contributed by atoms with Crippen LogP contribution < -0.4 is 4.90 Å². The minimum absolute atomic E-state index is 0.0139. The van der Waals surface area contributed by atoms with Crippen LogP contribution in [-0.4, -0.2) is 21.9 Å². The number of carbonyl (C=O) groups is 1. The first-order valence-electron chi connectivity index (χ1n) is 6.79. The molecule has 20 heavy (non-hydrogen) atoms. The van der Waals surface area contributed by atoms with E-state index in [1.165, 1.54) is 5.56 Å². The molecule has 102 valence electrons. The van der Waals surface area contributed by atoms with Gasteiger partial charge in [-0.15, -0.1) is 0 Å². The molecule has 2 aromatic rings. The van der Waals surface area contributed by atoms with Gasteiger partial charge < -0.3 is 4.90 Å². The number of benzene rings is 1. The van der Waals surface area contributed by atoms with Crippen LogP contribution in [0.5, 0.6) is 0 Å². The quantitative estimate of drug-likeness (QED) is 0.798. The number of amides is 1. The van der Waals surface area contributed by atoms with Gasteiger partial charge in [0.1, 0.15) is 5.82 Å². The molecule has 1 unspecified atom stereocenters. The molecule has 0 N–H and O–H groups in total. The van der Waals surface area contributed by atoms with Crippen molar-refractivity contribution >= 4 is 11.6 Å². The summed E-state index contributed by atoms with van der Waals surface area (Å²) in [6, 6.07) is 8.23. The molecule has 1 aliphatic heterocycles. The van der Waals surface area contributed by atoms with E-state index in [9.17, 15) is 4.79 Å². The fourth-order valence-electron chi connectivity index (χ4n) is 2.80. The molecule has 4 heteroatoms. The van der Waals surface area contributed by atoms with Crippen molar-refractivity contribution in [2.45, 2.75) is 33.2 Å². The van der Waals surface area contributed by atoms with E-state index >= 15 is 0 Å². The van der Waals surface area contributed by atoms with Crippen molar-refractivity contribution in [1.82, 2.24) is 9.97 Å². The van der Waals surface area contributed by atoms with Crippen LogP contribution in [0.25, 0.3) is 0 Å². The fraction of sp³-hybridized carbons (Fsp3) is 0.312. The summed E-state index contributed by atoms with van der Waals surface area (Å²) in [5.41, 5.74) is 3.54. The molecule has 0 aliphatic carbocycles. The van der Waals surface area contributed by atoms with Gasteiger partial charge in [-0.25, -0.2) is 9.97 Å². The van der Waals surface area contributed by atoms with E-state index < -0.39 is 0 Å². The molecule has 0 fully saturated rings. The van der Waals surface area contributed by atoms with Crippen molar-refractivity contribution in [3.8, 4) is 0 Å². The summed E-state index contributed by atoms with van der Waals surface area (Å²) in [4.78, 5) is 23.1. The molecule has 0 saturated carbocycles. The van der Waals surface area contributed by atoms with Gasteiger partial charge in [0.2, 0.25) is 0 Å². The lowest BCUT2D eigenvalue weighted by molar-refractivity contribution is 0.0980. The molecule has 1 aliphatic rings. The minimum atomic E-state index is -0.0139. The lowest BCUT2D eigenvalue weighted by atomic mass is 10.1. The molecule has 0 bridgehead atoms. The number of nitrogens with zero attached hydrogens (tertiary/aromatic N) is 3. The van der Waals surface area contributed by atoms with Gasteiger partial charge in [0.05, 0.1) is 11.3 Å². The number of rotatable bonds is 1. The van der Waals surface area contributed by atoms with Crippen molar-refractivity contribution in [3.05, 3.63) is 53.1 Å². The molecule has 0 spiro atoms. The average Bonchev–Trinajstić information content (AvgIpc) is 2.73. The van der Waals surface area contributed by atoms with Crippen molar-refractivity contribution in [2.75, 3.05) is 4.90 Å². The predicted octanol–water partition coefficient (Wildman–Crippen LogP) is 2.68. The van der Waals surface area contributed by atoms with Gasteiger partial charge in [0.25, 0.3) is 5.91 Å². The molecule has 3 rings (SSSR count). The van der Waals surface area contributed by atoms with E-state index in [1.807, 2.05) is 36.9 Å². The largest absolute Gasteiger partial charge is 0.305 e. The number of fused-ring (bicyclic) bond motifs is 1. The number of aromatic nitrogens is 2. The third-order valence-corrected chi connectivity index (χ3v) is 3.76. The summed E-state index contributed by atoms with van der Waals surface area (Å²) in [6.07, 6.45) is 2.53. The van der Waals surface area contributed by atoms with E-state index in [1.54, 1.807) is 6.20 Å². The Morgan fingerprint density at radius 2 is 2.05 bits per heavy atom. The van der Waals surface area contributed by atoms with Crippen LogP contribution in [0, 0.1) is 13.8 Å². The number of para-hydroxylation sites is 1. The molecule has 4 nitrogen and oxygen atoms in total. The maximum atomic E-state index is 12.8. The van der Waals surface area contributed by atoms with Gasteiger partial charge in [-0.1, -0.05) is 18.2 Å². The first-order chi connectivity index (χ1) is 9.58. The first kappa shape index (κ1) is 12.8. The fourth-order valence-corrected chi connectivity index (χ4v) is 2.80. The third kappa shape index (κ3) is 1.97. The van der Waals surface area contributed by atoms with E-state index in [-0.39, 0.29) is 11.9 Å². The Labute approximate surface area is 118 Å². The summed E-state index contributed by atoms with van der Waals surface area (Å²) < 4.78 is 0. The molecule has 1 amide bonds. The SMILES string of the molecule is Cc1ncc(C(=O)N2c3ccccc3CC2C)c(C)n1. The monoisotopic (exact) mass is 267 g/mol. The summed E-state index contributed by atoms with van der Waals surface area (Å²) in [7, 11) is 0. The zero-order chi connectivity index (χ0) is 14.3. The van der Waals surface area contributed by atoms with Crippen LogP contribution in [0.4, 0.5) is 5.69 Å². The third-order valence-electron chi connectivity index (χ3n) is 3.76. The number of hydrogen-bond acceptors (Lipinski definition) is 3. The van der Waals surface area contributed by atoms with Gasteiger partial charge in [0.15, 0.2) is 0 Å². The number of hydrogen-bond donors (Lipinski definition) is 0. The van der Waals surface area contributed by atoms with Crippen molar-refractivity contribution in [1.29, 1.82) is 0 Å². The number of anilines is 1. The van der Waals surface area contributed by atoms with Crippen LogP contribution in [0.2, 0.25) is 0 Å². The van der Waals surface area contributed by atoms with Crippen molar-refractivity contribution in [2.24, 2.45) is 0 Å². The molecule has 1 aromatic carbocycles. The molecule has 1 atom stereocenters. The van der Waals surface area contributed by atoms with Gasteiger partial charge >= 0.3 is 0 Å². The highest BCUT2D eigenvalue weighted by Crippen LogP contribution is 2.33. The standard InChI is InChI=1S/C16H17N3O/c1-10-8-13-6-4-5-7-15(13)19(10)16(20)14-9-17-12(3)18-11(14)2/h4-7,9-10H,8H2,1-3H3. The molecular weight excluding hydrogens is 250 g/mol. The van der Waals surface area contributed by atoms with E-state index in [2.05, 4.69) is 23.0 Å². The van der Waals surface area contributed by atoms with Gasteiger partial charge in [-0.3, -0.25) is 4.79 Å². The summed E-state index contributed by atoms with van der Waals surface area (Å²) >= 11 is 0. The van der Waals surface area contributed by atoms with Crippen LogP contribution >= 0.6 is 0 Å². The Morgan fingerprint density at radius 1 is 1.30 bits per heavy atom. The Morgan fingerprint density at radius 3 is 2.80 bits per heavy atom. The van der Waals surface area contributed by atoms with E-state index in [0.29, 0.717) is 11.4 Å². The van der Waals surface area contributed by atoms with Crippen LogP contribution in [0.1, 0.15) is 34.4 Å². The molecule has 0 radical (unpaired) electrons. The van der Waals surface area contributed by atoms with Crippen molar-refractivity contribution < 1.29 is 4.79 Å². The zero-order valence-corrected chi connectivity index (χ0v) is 11.9. The van der Waals surface area contributed by atoms with Crippen LogP contribution in [0.3, 0.4) is 0 Å². The van der Waals surface area contributed by atoms with Gasteiger partial charge in [0, 0.05) is 17.9 Å². The summed E-state index contributed by atoms with van der Waals surface area (Å²) in [6.45, 7) is 5.76. The number of aryl methyl sites for hydroxylation is 2. The van der Waals surface area contributed by atoms with Gasteiger partial charge in [-0.2, -0.15) is 0 Å². The van der Waals surface area contributed by atoms with E-state index in [4.69, 9.17) is 0 Å². The maximum Gasteiger partial charge on any atom is 0.261 e. The molecular formula is C16H17N3O. The van der Waals surface area contributed by atoms with Crippen molar-refractivity contribution in [3.63, 3.8) is 0 Å². The Kier molecular flexibility index (Phi) is 3.01. The van der Waals surface area contributed by atoms with E-state index in [0.717, 1.165) is 17.8 Å². The summed E-state index contributed by atoms with van der Waals surface area (Å²) in [5.74, 6) is 0.675. The average molecular weight is 267 g/mol. The summed E-state index contributed by atoms with van der Waals surface area (Å²) in [5, 5.41) is 0. The number of carbonyl (C=O) groups excluding carboxylic acids is 1. The predicted molar refractivity (Wildman–Crippen MR) is 77.9 cm³/mol. The van der Waals surface area contributed by atoms with Crippen LogP contribution in [-0.2, 0) is 6.42 Å². The zero-order valence-electron chi connectivity index (χ0n) is 11.9. The highest BCUT2D eigenvalue weighted by molar-refractivity contribution is 6.08. The first-order valence-corrected chi connectivity index (χ1v) is 6.79. The molecule has 2 heterocycles. The van der Waals surface area contributed by atoms with Crippen LogP contribution in [0.15, 0.2) is 30.5 Å². The molecule has 1 aromatic heterocycles. The highest BCUT2D eigenvalue weighted by Gasteiger charge is 2.32. The maximum absolute atomic E-state index is 12.8. The Hall–Kier alpha value is -2.23. The second-order valence-electron chi connectivity index (χ2n) is 5.27. The topological polar surface area (TPSA) is 46.1 Å². The highest BCUT2D eigenvalue weighted by atomic mass is 16.2.